The number of fused-ring (bicyclic) bond motifs is 1. The lowest BCUT2D eigenvalue weighted by Crippen LogP contribution is -2.19. The highest BCUT2D eigenvalue weighted by Gasteiger charge is 2.14. The van der Waals surface area contributed by atoms with Gasteiger partial charge in [-0.1, -0.05) is 24.8 Å². The largest absolute Gasteiger partial charge is 0.323 e. The van der Waals surface area contributed by atoms with Crippen LogP contribution in [0.2, 0.25) is 0 Å². The van der Waals surface area contributed by atoms with E-state index in [2.05, 4.69) is 32.6 Å². The first-order valence-corrected chi connectivity index (χ1v) is 10.9. The van der Waals surface area contributed by atoms with Crippen LogP contribution in [0.1, 0.15) is 29.3 Å². The van der Waals surface area contributed by atoms with Gasteiger partial charge in [-0.05, 0) is 74.7 Å². The first-order chi connectivity index (χ1) is 14.9. The van der Waals surface area contributed by atoms with Gasteiger partial charge < -0.3 is 10.6 Å². The number of nitrogens with one attached hydrogen (secondary N) is 2. The lowest BCUT2D eigenvalue weighted by atomic mass is 10.1. The van der Waals surface area contributed by atoms with Crippen molar-refractivity contribution in [3.8, 4) is 0 Å². The molecule has 0 aliphatic rings. The lowest BCUT2D eigenvalue weighted by molar-refractivity contribution is 0.262. The molecule has 2 amide bonds. The Hall–Kier alpha value is -3.39. The highest BCUT2D eigenvalue weighted by Crippen LogP contribution is 2.32. The summed E-state index contributed by atoms with van der Waals surface area (Å²) >= 11 is 1.61. The quantitative estimate of drug-likeness (QED) is 0.412. The van der Waals surface area contributed by atoms with Gasteiger partial charge in [0.05, 0.1) is 0 Å². The Kier molecular flexibility index (Phi) is 5.90. The van der Waals surface area contributed by atoms with Crippen molar-refractivity contribution in [1.29, 1.82) is 0 Å². The number of anilines is 2. The van der Waals surface area contributed by atoms with Crippen LogP contribution in [0.4, 0.5) is 16.2 Å². The van der Waals surface area contributed by atoms with Gasteiger partial charge in [0.2, 0.25) is 0 Å². The molecule has 8 heteroatoms. The summed E-state index contributed by atoms with van der Waals surface area (Å²) in [4.78, 5) is 22.1. The molecule has 2 N–H and O–H groups in total. The smallest absolute Gasteiger partial charge is 0.308 e. The van der Waals surface area contributed by atoms with E-state index < -0.39 is 0 Å². The van der Waals surface area contributed by atoms with Crippen LogP contribution in [0.15, 0.2) is 58.7 Å². The summed E-state index contributed by atoms with van der Waals surface area (Å²) in [6.07, 6.45) is 2.38. The Morgan fingerprint density at radius 3 is 2.42 bits per heavy atom. The number of carbonyl (C=O) groups excluding carboxylic acids is 1. The second-order valence-electron chi connectivity index (χ2n) is 7.31. The van der Waals surface area contributed by atoms with E-state index in [1.807, 2.05) is 63.2 Å². The molecule has 0 saturated carbocycles. The summed E-state index contributed by atoms with van der Waals surface area (Å²) in [6.45, 7) is 8.18. The average Bonchev–Trinajstić information content (AvgIpc) is 3.20. The van der Waals surface area contributed by atoms with Crippen LogP contribution < -0.4 is 10.6 Å². The van der Waals surface area contributed by atoms with Crippen molar-refractivity contribution in [1.82, 2.24) is 19.6 Å². The third-order valence-electron chi connectivity index (χ3n) is 5.13. The summed E-state index contributed by atoms with van der Waals surface area (Å²) in [6, 6.07) is 13.3. The minimum absolute atomic E-state index is 0.272. The minimum Gasteiger partial charge on any atom is -0.308 e. The molecule has 0 fully saturated rings. The molecule has 4 aromatic rings. The number of hydrogen-bond donors (Lipinski definition) is 2. The van der Waals surface area contributed by atoms with Crippen LogP contribution in [-0.4, -0.2) is 25.6 Å². The van der Waals surface area contributed by atoms with Crippen LogP contribution in [0.25, 0.3) is 5.78 Å². The third kappa shape index (κ3) is 4.54. The van der Waals surface area contributed by atoms with Crippen LogP contribution in [0, 0.1) is 20.8 Å². The molecule has 158 valence electrons. The van der Waals surface area contributed by atoms with Crippen LogP contribution in [0.5, 0.6) is 0 Å². The number of aryl methyl sites for hydroxylation is 3. The minimum atomic E-state index is -0.272. The van der Waals surface area contributed by atoms with Crippen LogP contribution in [0.3, 0.4) is 0 Å². The molecule has 2 aromatic heterocycles. The number of rotatable bonds is 5. The summed E-state index contributed by atoms with van der Waals surface area (Å²) in [5.41, 5.74) is 5.93. The predicted molar refractivity (Wildman–Crippen MR) is 124 cm³/mol. The molecule has 31 heavy (non-hydrogen) atoms. The monoisotopic (exact) mass is 432 g/mol. The normalized spacial score (nSPS) is 11.0. The maximum Gasteiger partial charge on any atom is 0.323 e. The van der Waals surface area contributed by atoms with Gasteiger partial charge in [0.25, 0.3) is 5.78 Å². The van der Waals surface area contributed by atoms with Crippen molar-refractivity contribution in [2.75, 3.05) is 10.6 Å². The second-order valence-corrected chi connectivity index (χ2v) is 8.37. The molecule has 0 bridgehead atoms. The highest BCUT2D eigenvalue weighted by molar-refractivity contribution is 7.99. The maximum absolute atomic E-state index is 12.3. The van der Waals surface area contributed by atoms with Gasteiger partial charge in [-0.2, -0.15) is 14.6 Å². The standard InChI is InChI=1S/C23H24N6OS/c1-5-20-16(4)26-22-24-13-25-29(22)21(20)31-19-10-8-17(9-11-19)27-23(30)28-18-7-6-14(2)15(3)12-18/h6-13H,5H2,1-4H3,(H2,27,28,30). The zero-order chi connectivity index (χ0) is 22.0. The number of carbonyl (C=O) groups is 1. The predicted octanol–water partition coefficient (Wildman–Crippen LogP) is 5.41. The molecular formula is C23H24N6OS. The fraction of sp³-hybridized carbons (Fsp3) is 0.217. The SMILES string of the molecule is CCc1c(C)nc2ncnn2c1Sc1ccc(NC(=O)Nc2ccc(C)c(C)c2)cc1. The van der Waals surface area contributed by atoms with Crippen molar-refractivity contribution in [3.05, 3.63) is 71.2 Å². The van der Waals surface area contributed by atoms with Gasteiger partial charge in [0.15, 0.2) is 0 Å². The first-order valence-electron chi connectivity index (χ1n) is 10.1. The number of amides is 2. The van der Waals surface area contributed by atoms with Gasteiger partial charge in [-0.3, -0.25) is 0 Å². The Bertz CT molecular complexity index is 1250. The van der Waals surface area contributed by atoms with Gasteiger partial charge in [-0.15, -0.1) is 0 Å². The molecule has 0 radical (unpaired) electrons. The highest BCUT2D eigenvalue weighted by atomic mass is 32.2. The van der Waals surface area contributed by atoms with Crippen LogP contribution >= 0.6 is 11.8 Å². The molecule has 0 atom stereocenters. The molecule has 2 aromatic carbocycles. The molecule has 2 heterocycles. The number of urea groups is 1. The molecule has 4 rings (SSSR count). The number of aromatic nitrogens is 4. The summed E-state index contributed by atoms with van der Waals surface area (Å²) in [5, 5.41) is 11.1. The molecule has 0 aliphatic carbocycles. The van der Waals surface area contributed by atoms with Gasteiger partial charge in [0, 0.05) is 27.5 Å². The Labute approximate surface area is 185 Å². The molecule has 0 spiro atoms. The van der Waals surface area contributed by atoms with E-state index in [9.17, 15) is 4.79 Å². The Morgan fingerprint density at radius 2 is 1.71 bits per heavy atom. The van der Waals surface area contributed by atoms with Gasteiger partial charge in [0.1, 0.15) is 11.4 Å². The first kappa shape index (κ1) is 20.9. The Morgan fingerprint density at radius 1 is 1.00 bits per heavy atom. The second kappa shape index (κ2) is 8.77. The van der Waals surface area contributed by atoms with E-state index in [1.165, 1.54) is 11.9 Å². The molecule has 0 aliphatic heterocycles. The zero-order valence-corrected chi connectivity index (χ0v) is 18.7. The topological polar surface area (TPSA) is 84.2 Å². The Balaban J connectivity index is 1.48. The zero-order valence-electron chi connectivity index (χ0n) is 17.9. The third-order valence-corrected chi connectivity index (χ3v) is 6.25. The number of hydrogen-bond acceptors (Lipinski definition) is 5. The average molecular weight is 433 g/mol. The van der Waals surface area contributed by atoms with E-state index >= 15 is 0 Å². The number of nitrogens with zero attached hydrogens (tertiary/aromatic N) is 4. The van der Waals surface area contributed by atoms with E-state index in [0.29, 0.717) is 5.78 Å². The van der Waals surface area contributed by atoms with Crippen LogP contribution in [-0.2, 0) is 6.42 Å². The van der Waals surface area contributed by atoms with Crippen molar-refractivity contribution in [2.24, 2.45) is 0 Å². The number of benzene rings is 2. The van der Waals surface area contributed by atoms with E-state index in [4.69, 9.17) is 0 Å². The summed E-state index contributed by atoms with van der Waals surface area (Å²) in [5.74, 6) is 0.596. The van der Waals surface area contributed by atoms with Crippen molar-refractivity contribution in [3.63, 3.8) is 0 Å². The molecule has 0 unspecified atom stereocenters. The summed E-state index contributed by atoms with van der Waals surface area (Å²) < 4.78 is 1.78. The van der Waals surface area contributed by atoms with E-state index in [1.54, 1.807) is 16.3 Å². The van der Waals surface area contributed by atoms with Gasteiger partial charge >= 0.3 is 6.03 Å². The maximum atomic E-state index is 12.3. The molecule has 0 saturated heterocycles. The summed E-state index contributed by atoms with van der Waals surface area (Å²) in [7, 11) is 0. The lowest BCUT2D eigenvalue weighted by Gasteiger charge is -2.12. The van der Waals surface area contributed by atoms with Gasteiger partial charge in [-0.25, -0.2) is 9.78 Å². The molecular weight excluding hydrogens is 408 g/mol. The van der Waals surface area contributed by atoms with Crippen molar-refractivity contribution in [2.45, 2.75) is 44.0 Å². The fourth-order valence-corrected chi connectivity index (χ4v) is 4.42. The fourth-order valence-electron chi connectivity index (χ4n) is 3.30. The van der Waals surface area contributed by atoms with Crippen molar-refractivity contribution < 1.29 is 4.79 Å². The molecule has 7 nitrogen and oxygen atoms in total. The van der Waals surface area contributed by atoms with Crippen molar-refractivity contribution >= 4 is 34.9 Å². The van der Waals surface area contributed by atoms with E-state index in [-0.39, 0.29) is 6.03 Å². The van der Waals surface area contributed by atoms with E-state index in [0.717, 1.165) is 44.5 Å².